The number of aromatic nitrogens is 1. The van der Waals surface area contributed by atoms with Crippen molar-refractivity contribution in [1.29, 1.82) is 0 Å². The highest BCUT2D eigenvalue weighted by Gasteiger charge is 2.29. The summed E-state index contributed by atoms with van der Waals surface area (Å²) in [5.41, 5.74) is 1.19. The van der Waals surface area contributed by atoms with E-state index >= 15 is 0 Å². The lowest BCUT2D eigenvalue weighted by molar-refractivity contribution is 0.115. The van der Waals surface area contributed by atoms with Crippen LogP contribution in [0.15, 0.2) is 71.1 Å². The van der Waals surface area contributed by atoms with Gasteiger partial charge in [-0.05, 0) is 36.2 Å². The average molecular weight is 419 g/mol. The fourth-order valence-corrected chi connectivity index (χ4v) is 4.95. The second kappa shape index (κ2) is 9.18. The van der Waals surface area contributed by atoms with Gasteiger partial charge in [-0.25, -0.2) is 17.7 Å². The highest BCUT2D eigenvalue weighted by atomic mass is 32.2. The van der Waals surface area contributed by atoms with Gasteiger partial charge in [0.1, 0.15) is 18.5 Å². The van der Waals surface area contributed by atoms with Gasteiger partial charge in [0, 0.05) is 11.6 Å². The van der Waals surface area contributed by atoms with E-state index in [-0.39, 0.29) is 18.0 Å². The van der Waals surface area contributed by atoms with E-state index in [1.54, 1.807) is 23.6 Å². The molecule has 28 heavy (non-hydrogen) atoms. The van der Waals surface area contributed by atoms with Crippen LogP contribution < -0.4 is 9.04 Å². The first-order chi connectivity index (χ1) is 13.5. The van der Waals surface area contributed by atoms with Gasteiger partial charge in [-0.3, -0.25) is 0 Å². The number of hydrogen-bond donors (Lipinski definition) is 1. The predicted molar refractivity (Wildman–Crippen MR) is 110 cm³/mol. The lowest BCUT2D eigenvalue weighted by Gasteiger charge is -2.24. The third kappa shape index (κ3) is 4.89. The summed E-state index contributed by atoms with van der Waals surface area (Å²) in [6.45, 7) is 1.88. The van der Waals surface area contributed by atoms with E-state index in [1.807, 2.05) is 24.3 Å². The van der Waals surface area contributed by atoms with Crippen LogP contribution in [0.2, 0.25) is 0 Å². The van der Waals surface area contributed by atoms with Gasteiger partial charge in [0.15, 0.2) is 5.13 Å². The Hall–Kier alpha value is -2.42. The molecule has 2 aromatic carbocycles. The maximum absolute atomic E-state index is 13.1. The Morgan fingerprint density at radius 2 is 1.86 bits per heavy atom. The molecule has 0 bridgehead atoms. The zero-order valence-electron chi connectivity index (χ0n) is 15.4. The number of ether oxygens (including phenoxy) is 1. The van der Waals surface area contributed by atoms with Crippen molar-refractivity contribution >= 4 is 26.5 Å². The number of hydrogen-bond acceptors (Lipinski definition) is 6. The molecule has 0 saturated heterocycles. The lowest BCUT2D eigenvalue weighted by Crippen LogP contribution is -2.39. The van der Waals surface area contributed by atoms with Crippen molar-refractivity contribution in [3.05, 3.63) is 71.7 Å². The van der Waals surface area contributed by atoms with Gasteiger partial charge >= 0.3 is 0 Å². The average Bonchev–Trinajstić information content (AvgIpc) is 3.25. The van der Waals surface area contributed by atoms with Crippen LogP contribution >= 0.6 is 11.3 Å². The molecule has 0 aliphatic rings. The maximum Gasteiger partial charge on any atom is 0.266 e. The molecule has 1 aromatic heterocycles. The van der Waals surface area contributed by atoms with Crippen LogP contribution in [0.5, 0.6) is 5.75 Å². The molecule has 0 saturated carbocycles. The summed E-state index contributed by atoms with van der Waals surface area (Å²) in [4.78, 5) is 4.26. The van der Waals surface area contributed by atoms with Crippen LogP contribution in [-0.2, 0) is 16.4 Å². The van der Waals surface area contributed by atoms with E-state index < -0.39 is 16.1 Å². The molecular formula is C20H22N2O4S2. The zero-order valence-corrected chi connectivity index (χ0v) is 17.1. The van der Waals surface area contributed by atoms with E-state index in [2.05, 4.69) is 11.9 Å². The first-order valence-electron chi connectivity index (χ1n) is 8.88. The molecule has 6 nitrogen and oxygen atoms in total. The number of aliphatic hydroxyl groups is 1. The van der Waals surface area contributed by atoms with Crippen LogP contribution in [-0.4, -0.2) is 37.8 Å². The summed E-state index contributed by atoms with van der Waals surface area (Å²) in [5, 5.41) is 12.4. The molecule has 3 aromatic rings. The monoisotopic (exact) mass is 418 g/mol. The van der Waals surface area contributed by atoms with Crippen molar-refractivity contribution in [3.8, 4) is 5.75 Å². The highest BCUT2D eigenvalue weighted by Crippen LogP contribution is 2.26. The van der Waals surface area contributed by atoms with Crippen LogP contribution in [0.4, 0.5) is 5.13 Å². The smallest absolute Gasteiger partial charge is 0.266 e. The quantitative estimate of drug-likeness (QED) is 0.577. The fraction of sp³-hybridized carbons (Fsp3) is 0.250. The molecule has 3 rings (SSSR count). The first kappa shape index (κ1) is 20.3. The number of nitrogens with zero attached hydrogens (tertiary/aromatic N) is 2. The minimum Gasteiger partial charge on any atom is -0.491 e. The second-order valence-electron chi connectivity index (χ2n) is 6.13. The van der Waals surface area contributed by atoms with Crippen molar-refractivity contribution in [3.63, 3.8) is 0 Å². The topological polar surface area (TPSA) is 79.7 Å². The van der Waals surface area contributed by atoms with Crippen molar-refractivity contribution in [2.24, 2.45) is 0 Å². The van der Waals surface area contributed by atoms with Crippen molar-refractivity contribution < 1.29 is 18.3 Å². The molecule has 1 N–H and O–H groups in total. The normalized spacial score (nSPS) is 12.5. The zero-order chi connectivity index (χ0) is 20.0. The van der Waals surface area contributed by atoms with Gasteiger partial charge in [-0.1, -0.05) is 37.3 Å². The standard InChI is InChI=1S/C20H22N2O4S2/c1-2-16-8-10-18(11-9-16)26-15-17(23)14-22(20-21-12-13-27-20)28(24,25)19-6-4-3-5-7-19/h3-13,17,23H,2,14-15H2,1H3. The number of rotatable bonds is 9. The molecule has 1 atom stereocenters. The minimum absolute atomic E-state index is 0.0301. The molecule has 0 amide bonds. The Bertz CT molecular complexity index is 959. The Labute approximate surface area is 169 Å². The van der Waals surface area contributed by atoms with Gasteiger partial charge in [-0.2, -0.15) is 0 Å². The number of benzene rings is 2. The fourth-order valence-electron chi connectivity index (χ4n) is 2.60. The Morgan fingerprint density at radius 1 is 1.14 bits per heavy atom. The molecule has 0 fully saturated rings. The van der Waals surface area contributed by atoms with Crippen LogP contribution in [0, 0.1) is 0 Å². The molecule has 0 radical (unpaired) electrons. The molecular weight excluding hydrogens is 396 g/mol. The molecule has 0 spiro atoms. The van der Waals surface area contributed by atoms with Crippen molar-refractivity contribution in [2.45, 2.75) is 24.3 Å². The highest BCUT2D eigenvalue weighted by molar-refractivity contribution is 7.93. The Kier molecular flexibility index (Phi) is 6.66. The third-order valence-corrected chi connectivity index (χ3v) is 6.79. The molecule has 1 unspecified atom stereocenters. The number of aryl methyl sites for hydroxylation is 1. The van der Waals surface area contributed by atoms with E-state index in [1.165, 1.54) is 35.2 Å². The second-order valence-corrected chi connectivity index (χ2v) is 8.86. The van der Waals surface area contributed by atoms with E-state index in [9.17, 15) is 13.5 Å². The predicted octanol–water partition coefficient (Wildman–Crippen LogP) is 3.34. The van der Waals surface area contributed by atoms with Gasteiger partial charge < -0.3 is 9.84 Å². The molecule has 8 heteroatoms. The third-order valence-electron chi connectivity index (χ3n) is 4.11. The summed E-state index contributed by atoms with van der Waals surface area (Å²) in [6.07, 6.45) is 1.45. The van der Waals surface area contributed by atoms with Gasteiger partial charge in [-0.15, -0.1) is 11.3 Å². The summed E-state index contributed by atoms with van der Waals surface area (Å²) in [5.74, 6) is 0.628. The Balaban J connectivity index is 1.73. The largest absolute Gasteiger partial charge is 0.491 e. The van der Waals surface area contributed by atoms with E-state index in [0.29, 0.717) is 10.9 Å². The van der Waals surface area contributed by atoms with Crippen LogP contribution in [0.3, 0.4) is 0 Å². The Morgan fingerprint density at radius 3 is 2.46 bits per heavy atom. The summed E-state index contributed by atoms with van der Waals surface area (Å²) < 4.78 is 32.8. The van der Waals surface area contributed by atoms with Crippen LogP contribution in [0.25, 0.3) is 0 Å². The minimum atomic E-state index is -3.85. The van der Waals surface area contributed by atoms with E-state index in [0.717, 1.165) is 10.7 Å². The summed E-state index contributed by atoms with van der Waals surface area (Å²) in [6, 6.07) is 15.7. The summed E-state index contributed by atoms with van der Waals surface area (Å²) in [7, 11) is -3.85. The molecule has 0 aliphatic heterocycles. The molecule has 1 heterocycles. The number of anilines is 1. The number of thiazole rings is 1. The van der Waals surface area contributed by atoms with Crippen molar-refractivity contribution in [2.75, 3.05) is 17.5 Å². The van der Waals surface area contributed by atoms with Gasteiger partial charge in [0.2, 0.25) is 0 Å². The molecule has 148 valence electrons. The first-order valence-corrected chi connectivity index (χ1v) is 11.2. The van der Waals surface area contributed by atoms with E-state index in [4.69, 9.17) is 4.74 Å². The summed E-state index contributed by atoms with van der Waals surface area (Å²) >= 11 is 1.20. The van der Waals surface area contributed by atoms with Gasteiger partial charge in [0.05, 0.1) is 11.4 Å². The van der Waals surface area contributed by atoms with Crippen molar-refractivity contribution in [1.82, 2.24) is 4.98 Å². The molecule has 0 aliphatic carbocycles. The van der Waals surface area contributed by atoms with Gasteiger partial charge in [0.25, 0.3) is 10.0 Å². The number of aliphatic hydroxyl groups excluding tert-OH is 1. The lowest BCUT2D eigenvalue weighted by atomic mass is 10.2. The number of sulfonamides is 1. The SMILES string of the molecule is CCc1ccc(OCC(O)CN(c2nccs2)S(=O)(=O)c2ccccc2)cc1. The maximum atomic E-state index is 13.1. The van der Waals surface area contributed by atoms with Crippen LogP contribution in [0.1, 0.15) is 12.5 Å².